The standard InChI is InChI=1S/C19H25N5O/c1-15-8-9-17(23-14-15)24-18(25)11-13-22-19(20-2)21-12-10-16-6-4-3-5-7-16/h3-9,14H,10-13H2,1-2H3,(H2,20,21,22)(H,23,24,25). The smallest absolute Gasteiger partial charge is 0.227 e. The van der Waals surface area contributed by atoms with Crippen LogP contribution in [0.15, 0.2) is 53.7 Å². The van der Waals surface area contributed by atoms with E-state index in [9.17, 15) is 4.79 Å². The molecular weight excluding hydrogens is 314 g/mol. The van der Waals surface area contributed by atoms with Gasteiger partial charge >= 0.3 is 0 Å². The maximum atomic E-state index is 11.9. The summed E-state index contributed by atoms with van der Waals surface area (Å²) in [4.78, 5) is 20.2. The van der Waals surface area contributed by atoms with Crippen molar-refractivity contribution in [1.29, 1.82) is 0 Å². The van der Waals surface area contributed by atoms with Gasteiger partial charge in [0.1, 0.15) is 5.82 Å². The minimum Gasteiger partial charge on any atom is -0.356 e. The van der Waals surface area contributed by atoms with E-state index in [4.69, 9.17) is 0 Å². The monoisotopic (exact) mass is 339 g/mol. The van der Waals surface area contributed by atoms with Gasteiger partial charge in [-0.1, -0.05) is 36.4 Å². The van der Waals surface area contributed by atoms with Crippen molar-refractivity contribution in [2.24, 2.45) is 4.99 Å². The Balaban J connectivity index is 1.64. The molecule has 0 bridgehead atoms. The van der Waals surface area contributed by atoms with Gasteiger partial charge in [-0.05, 0) is 30.5 Å². The van der Waals surface area contributed by atoms with E-state index in [1.54, 1.807) is 19.3 Å². The van der Waals surface area contributed by atoms with Crippen LogP contribution in [0.2, 0.25) is 0 Å². The quantitative estimate of drug-likeness (QED) is 0.533. The summed E-state index contributed by atoms with van der Waals surface area (Å²) >= 11 is 0. The van der Waals surface area contributed by atoms with Gasteiger partial charge in [-0.25, -0.2) is 4.98 Å². The number of benzene rings is 1. The average Bonchev–Trinajstić information content (AvgIpc) is 2.63. The Morgan fingerprint density at radius 2 is 1.84 bits per heavy atom. The third kappa shape index (κ3) is 7.03. The summed E-state index contributed by atoms with van der Waals surface area (Å²) in [6.45, 7) is 3.24. The molecule has 0 fully saturated rings. The van der Waals surface area contributed by atoms with Crippen molar-refractivity contribution in [3.8, 4) is 0 Å². The first kappa shape index (κ1) is 18.4. The number of rotatable bonds is 7. The lowest BCUT2D eigenvalue weighted by molar-refractivity contribution is -0.116. The number of nitrogens with zero attached hydrogens (tertiary/aromatic N) is 2. The fraction of sp³-hybridized carbons (Fsp3) is 0.316. The van der Waals surface area contributed by atoms with E-state index in [0.717, 1.165) is 18.5 Å². The molecule has 132 valence electrons. The lowest BCUT2D eigenvalue weighted by atomic mass is 10.1. The number of carbonyl (C=O) groups is 1. The highest BCUT2D eigenvalue weighted by Crippen LogP contribution is 2.04. The summed E-state index contributed by atoms with van der Waals surface area (Å²) in [5, 5.41) is 9.16. The van der Waals surface area contributed by atoms with Gasteiger partial charge in [-0.15, -0.1) is 0 Å². The Kier molecular flexibility index (Phi) is 7.43. The Hall–Kier alpha value is -2.89. The summed E-state index contributed by atoms with van der Waals surface area (Å²) < 4.78 is 0. The van der Waals surface area contributed by atoms with Crippen LogP contribution < -0.4 is 16.0 Å². The van der Waals surface area contributed by atoms with Crippen LogP contribution in [0.1, 0.15) is 17.5 Å². The maximum absolute atomic E-state index is 11.9. The second kappa shape index (κ2) is 10.1. The van der Waals surface area contributed by atoms with Gasteiger partial charge in [0, 0.05) is 32.8 Å². The second-order valence-electron chi connectivity index (χ2n) is 5.68. The number of anilines is 1. The molecule has 0 aliphatic rings. The number of aromatic nitrogens is 1. The van der Waals surface area contributed by atoms with Crippen LogP contribution in [0.5, 0.6) is 0 Å². The molecule has 0 unspecified atom stereocenters. The molecule has 2 rings (SSSR count). The Labute approximate surface area is 148 Å². The summed E-state index contributed by atoms with van der Waals surface area (Å²) in [6.07, 6.45) is 2.99. The molecule has 0 radical (unpaired) electrons. The molecule has 0 saturated carbocycles. The largest absolute Gasteiger partial charge is 0.356 e. The van der Waals surface area contributed by atoms with Crippen molar-refractivity contribution in [3.05, 3.63) is 59.8 Å². The average molecular weight is 339 g/mol. The van der Waals surface area contributed by atoms with Gasteiger partial charge in [0.05, 0.1) is 0 Å². The van der Waals surface area contributed by atoms with E-state index >= 15 is 0 Å². The van der Waals surface area contributed by atoms with Gasteiger partial charge in [0.2, 0.25) is 5.91 Å². The molecule has 0 spiro atoms. The summed E-state index contributed by atoms with van der Waals surface area (Å²) in [6, 6.07) is 14.0. The lowest BCUT2D eigenvalue weighted by Gasteiger charge is -2.12. The molecule has 0 aliphatic carbocycles. The molecule has 0 saturated heterocycles. The molecule has 1 heterocycles. The van der Waals surface area contributed by atoms with Crippen molar-refractivity contribution >= 4 is 17.7 Å². The third-order valence-corrected chi connectivity index (χ3v) is 3.60. The van der Waals surface area contributed by atoms with Crippen LogP contribution in [-0.2, 0) is 11.2 Å². The normalized spacial score (nSPS) is 11.0. The molecule has 6 heteroatoms. The van der Waals surface area contributed by atoms with Gasteiger partial charge in [0.15, 0.2) is 5.96 Å². The zero-order chi connectivity index (χ0) is 17.9. The number of pyridine rings is 1. The van der Waals surface area contributed by atoms with Gasteiger partial charge in [-0.2, -0.15) is 0 Å². The first-order valence-corrected chi connectivity index (χ1v) is 8.38. The summed E-state index contributed by atoms with van der Waals surface area (Å²) in [5.41, 5.74) is 2.33. The predicted octanol–water partition coefficient (Wildman–Crippen LogP) is 2.13. The van der Waals surface area contributed by atoms with Crippen molar-refractivity contribution in [3.63, 3.8) is 0 Å². The molecule has 2 aromatic rings. The number of hydrogen-bond donors (Lipinski definition) is 3. The highest BCUT2D eigenvalue weighted by molar-refractivity contribution is 5.90. The molecule has 1 aromatic heterocycles. The Morgan fingerprint density at radius 3 is 2.52 bits per heavy atom. The summed E-state index contributed by atoms with van der Waals surface area (Å²) in [7, 11) is 1.72. The zero-order valence-corrected chi connectivity index (χ0v) is 14.7. The number of aliphatic imine (C=N–C) groups is 1. The van der Waals surface area contributed by atoms with Crippen LogP contribution >= 0.6 is 0 Å². The number of nitrogens with one attached hydrogen (secondary N) is 3. The fourth-order valence-electron chi connectivity index (χ4n) is 2.23. The molecular formula is C19H25N5O. The number of carbonyl (C=O) groups excluding carboxylic acids is 1. The topological polar surface area (TPSA) is 78.4 Å². The predicted molar refractivity (Wildman–Crippen MR) is 102 cm³/mol. The van der Waals surface area contributed by atoms with E-state index in [-0.39, 0.29) is 5.91 Å². The van der Waals surface area contributed by atoms with Gasteiger partial charge in [0.25, 0.3) is 0 Å². The first-order chi connectivity index (χ1) is 12.2. The first-order valence-electron chi connectivity index (χ1n) is 8.38. The summed E-state index contributed by atoms with van der Waals surface area (Å²) in [5.74, 6) is 1.18. The molecule has 25 heavy (non-hydrogen) atoms. The molecule has 0 atom stereocenters. The van der Waals surface area contributed by atoms with Gasteiger partial charge < -0.3 is 16.0 Å². The highest BCUT2D eigenvalue weighted by Gasteiger charge is 2.04. The van der Waals surface area contributed by atoms with E-state index in [1.165, 1.54) is 5.56 Å². The molecule has 1 aromatic carbocycles. The van der Waals surface area contributed by atoms with Crippen molar-refractivity contribution < 1.29 is 4.79 Å². The van der Waals surface area contributed by atoms with E-state index in [1.807, 2.05) is 31.2 Å². The Morgan fingerprint density at radius 1 is 1.08 bits per heavy atom. The number of guanidine groups is 1. The minimum atomic E-state index is -0.0800. The lowest BCUT2D eigenvalue weighted by Crippen LogP contribution is -2.39. The van der Waals surface area contributed by atoms with Crippen LogP contribution in [0.3, 0.4) is 0 Å². The van der Waals surface area contributed by atoms with Crippen molar-refractivity contribution in [1.82, 2.24) is 15.6 Å². The van der Waals surface area contributed by atoms with E-state index in [0.29, 0.717) is 24.7 Å². The second-order valence-corrected chi connectivity index (χ2v) is 5.68. The third-order valence-electron chi connectivity index (χ3n) is 3.60. The number of aryl methyl sites for hydroxylation is 1. The molecule has 0 aliphatic heterocycles. The van der Waals surface area contributed by atoms with Crippen molar-refractivity contribution in [2.45, 2.75) is 19.8 Å². The minimum absolute atomic E-state index is 0.0800. The van der Waals surface area contributed by atoms with Crippen LogP contribution in [0, 0.1) is 6.92 Å². The molecule has 1 amide bonds. The zero-order valence-electron chi connectivity index (χ0n) is 14.7. The number of amides is 1. The molecule has 3 N–H and O–H groups in total. The van der Waals surface area contributed by atoms with Crippen molar-refractivity contribution in [2.75, 3.05) is 25.5 Å². The highest BCUT2D eigenvalue weighted by atomic mass is 16.1. The number of hydrogen-bond acceptors (Lipinski definition) is 3. The molecule has 6 nitrogen and oxygen atoms in total. The van der Waals surface area contributed by atoms with Crippen LogP contribution in [0.4, 0.5) is 5.82 Å². The van der Waals surface area contributed by atoms with Gasteiger partial charge in [-0.3, -0.25) is 9.79 Å². The van der Waals surface area contributed by atoms with Crippen LogP contribution in [-0.4, -0.2) is 37.0 Å². The van der Waals surface area contributed by atoms with E-state index in [2.05, 4.69) is 38.1 Å². The SMILES string of the molecule is CN=C(NCCC(=O)Nc1ccc(C)cn1)NCCc1ccccc1. The van der Waals surface area contributed by atoms with E-state index < -0.39 is 0 Å². The maximum Gasteiger partial charge on any atom is 0.227 e. The Bertz CT molecular complexity index is 683. The fourth-order valence-corrected chi connectivity index (χ4v) is 2.23. The van der Waals surface area contributed by atoms with Crippen LogP contribution in [0.25, 0.3) is 0 Å².